The third-order valence-corrected chi connectivity index (χ3v) is 3.94. The van der Waals surface area contributed by atoms with Crippen molar-refractivity contribution in [2.75, 3.05) is 6.61 Å². The maximum Gasteiger partial charge on any atom is 0.326 e. The number of fused-ring (bicyclic) bond motifs is 3. The molecule has 1 aliphatic heterocycles. The Balaban J connectivity index is 2.05. The number of carbonyl (C=O) groups excluding carboxylic acids is 1. The van der Waals surface area contributed by atoms with Crippen molar-refractivity contribution >= 4 is 16.9 Å². The molecule has 2 heterocycles. The summed E-state index contributed by atoms with van der Waals surface area (Å²) in [6.45, 7) is 3.96. The number of hydrogen-bond acceptors (Lipinski definition) is 4. The van der Waals surface area contributed by atoms with E-state index in [1.54, 1.807) is 6.92 Å². The maximum atomic E-state index is 12.0. The van der Waals surface area contributed by atoms with Gasteiger partial charge in [-0.3, -0.25) is 4.79 Å². The van der Waals surface area contributed by atoms with Crippen LogP contribution in [0.4, 0.5) is 0 Å². The Labute approximate surface area is 117 Å². The van der Waals surface area contributed by atoms with Gasteiger partial charge in [-0.2, -0.15) is 5.06 Å². The van der Waals surface area contributed by atoms with E-state index in [9.17, 15) is 10.0 Å². The number of nitrogens with one attached hydrogen (secondary N) is 1. The standard InChI is InChI=1S/C15H18N2O3/c1-3-20-15(18)13-8-11-10-6-4-5-7-12(10)16-14(11)9(2)17(13)19/h4-7,9,13,16,19H,3,8H2,1-2H3/t9-,13+/m0/s1. The lowest BCUT2D eigenvalue weighted by atomic mass is 9.94. The Morgan fingerprint density at radius 3 is 3.00 bits per heavy atom. The quantitative estimate of drug-likeness (QED) is 0.825. The van der Waals surface area contributed by atoms with Gasteiger partial charge in [0.15, 0.2) is 0 Å². The predicted molar refractivity (Wildman–Crippen MR) is 74.5 cm³/mol. The topological polar surface area (TPSA) is 65.6 Å². The third-order valence-electron chi connectivity index (χ3n) is 3.94. The number of benzene rings is 1. The molecule has 20 heavy (non-hydrogen) atoms. The number of esters is 1. The Morgan fingerprint density at radius 1 is 1.50 bits per heavy atom. The van der Waals surface area contributed by atoms with Gasteiger partial charge in [-0.15, -0.1) is 0 Å². The van der Waals surface area contributed by atoms with Crippen LogP contribution in [0, 0.1) is 0 Å². The number of aromatic amines is 1. The molecule has 0 radical (unpaired) electrons. The summed E-state index contributed by atoms with van der Waals surface area (Å²) < 4.78 is 5.05. The molecule has 2 atom stereocenters. The van der Waals surface area contributed by atoms with Crippen molar-refractivity contribution in [1.29, 1.82) is 0 Å². The minimum Gasteiger partial charge on any atom is -0.465 e. The van der Waals surface area contributed by atoms with E-state index in [0.717, 1.165) is 27.2 Å². The molecule has 0 spiro atoms. The van der Waals surface area contributed by atoms with Crippen molar-refractivity contribution in [3.8, 4) is 0 Å². The summed E-state index contributed by atoms with van der Waals surface area (Å²) in [5, 5.41) is 12.4. The summed E-state index contributed by atoms with van der Waals surface area (Å²) in [7, 11) is 0. The Kier molecular flexibility index (Phi) is 3.23. The minimum absolute atomic E-state index is 0.263. The number of H-pyrrole nitrogens is 1. The van der Waals surface area contributed by atoms with Crippen molar-refractivity contribution in [2.45, 2.75) is 32.4 Å². The lowest BCUT2D eigenvalue weighted by molar-refractivity contribution is -0.190. The van der Waals surface area contributed by atoms with Gasteiger partial charge in [-0.25, -0.2) is 0 Å². The van der Waals surface area contributed by atoms with Crippen molar-refractivity contribution in [3.63, 3.8) is 0 Å². The Hall–Kier alpha value is -1.85. The van der Waals surface area contributed by atoms with Crippen molar-refractivity contribution in [2.24, 2.45) is 0 Å². The van der Waals surface area contributed by atoms with Gasteiger partial charge >= 0.3 is 5.97 Å². The molecule has 0 saturated heterocycles. The first-order valence-electron chi connectivity index (χ1n) is 6.86. The number of carbonyl (C=O) groups is 1. The highest BCUT2D eigenvalue weighted by molar-refractivity contribution is 5.87. The molecule has 0 amide bonds. The SMILES string of the molecule is CCOC(=O)[C@H]1Cc2c([nH]c3ccccc23)[C@H](C)N1O. The summed E-state index contributed by atoms with van der Waals surface area (Å²) in [5.41, 5.74) is 3.09. The minimum atomic E-state index is -0.642. The molecule has 2 aromatic rings. The van der Waals surface area contributed by atoms with Crippen LogP contribution in [0.2, 0.25) is 0 Å². The smallest absolute Gasteiger partial charge is 0.326 e. The first-order valence-corrected chi connectivity index (χ1v) is 6.86. The van der Waals surface area contributed by atoms with E-state index in [0.29, 0.717) is 13.0 Å². The first kappa shape index (κ1) is 13.1. The summed E-state index contributed by atoms with van der Waals surface area (Å²) in [6.07, 6.45) is 0.457. The summed E-state index contributed by atoms with van der Waals surface area (Å²) in [4.78, 5) is 15.3. The van der Waals surface area contributed by atoms with Crippen molar-refractivity contribution in [1.82, 2.24) is 10.0 Å². The Morgan fingerprint density at radius 2 is 2.25 bits per heavy atom. The maximum absolute atomic E-state index is 12.0. The van der Waals surface area contributed by atoms with Crippen LogP contribution in [0.5, 0.6) is 0 Å². The zero-order valence-electron chi connectivity index (χ0n) is 11.6. The van der Waals surface area contributed by atoms with Crippen LogP contribution < -0.4 is 0 Å². The van der Waals surface area contributed by atoms with Crippen molar-refractivity contribution in [3.05, 3.63) is 35.5 Å². The summed E-state index contributed by atoms with van der Waals surface area (Å²) in [6, 6.07) is 7.08. The van der Waals surface area contributed by atoms with Crippen LogP contribution >= 0.6 is 0 Å². The van der Waals surface area contributed by atoms with Crippen LogP contribution in [0.3, 0.4) is 0 Å². The molecular formula is C15H18N2O3. The van der Waals surface area contributed by atoms with Crippen LogP contribution in [0.25, 0.3) is 10.9 Å². The van der Waals surface area contributed by atoms with E-state index in [1.807, 2.05) is 31.2 Å². The van der Waals surface area contributed by atoms with Gasteiger partial charge in [0, 0.05) is 23.0 Å². The van der Waals surface area contributed by atoms with Crippen LogP contribution in [-0.2, 0) is 16.0 Å². The Bertz CT molecular complexity index is 650. The molecular weight excluding hydrogens is 256 g/mol. The predicted octanol–water partition coefficient (Wildman–Crippen LogP) is 2.41. The number of rotatable bonds is 2. The number of aromatic nitrogens is 1. The lowest BCUT2D eigenvalue weighted by Gasteiger charge is -2.34. The molecule has 3 rings (SSSR count). The fourth-order valence-corrected chi connectivity index (χ4v) is 2.92. The van der Waals surface area contributed by atoms with Gasteiger partial charge in [-0.05, 0) is 25.5 Å². The summed E-state index contributed by atoms with van der Waals surface area (Å²) in [5.74, 6) is -0.377. The highest BCUT2D eigenvalue weighted by Gasteiger charge is 2.38. The fourth-order valence-electron chi connectivity index (χ4n) is 2.92. The molecule has 1 aliphatic rings. The average Bonchev–Trinajstić information content (AvgIpc) is 2.82. The molecule has 0 fully saturated rings. The van der Waals surface area contributed by atoms with Gasteiger partial charge in [0.05, 0.1) is 12.6 Å². The molecule has 0 saturated carbocycles. The second-order valence-corrected chi connectivity index (χ2v) is 5.09. The second kappa shape index (κ2) is 4.92. The van der Waals surface area contributed by atoms with Crippen LogP contribution in [0.1, 0.15) is 31.1 Å². The second-order valence-electron chi connectivity index (χ2n) is 5.09. The zero-order valence-corrected chi connectivity index (χ0v) is 11.6. The monoisotopic (exact) mass is 274 g/mol. The number of nitrogens with zero attached hydrogens (tertiary/aromatic N) is 1. The van der Waals surface area contributed by atoms with E-state index in [4.69, 9.17) is 4.74 Å². The van der Waals surface area contributed by atoms with E-state index >= 15 is 0 Å². The van der Waals surface area contributed by atoms with Crippen molar-refractivity contribution < 1.29 is 14.7 Å². The third kappa shape index (κ3) is 1.90. The van der Waals surface area contributed by atoms with E-state index in [-0.39, 0.29) is 12.0 Å². The molecule has 0 aliphatic carbocycles. The van der Waals surface area contributed by atoms with Gasteiger partial charge in [0.2, 0.25) is 0 Å². The van der Waals surface area contributed by atoms with Gasteiger partial charge in [-0.1, -0.05) is 18.2 Å². The van der Waals surface area contributed by atoms with Gasteiger partial charge in [0.1, 0.15) is 6.04 Å². The number of para-hydroxylation sites is 1. The largest absolute Gasteiger partial charge is 0.465 e. The van der Waals surface area contributed by atoms with Crippen LogP contribution in [0.15, 0.2) is 24.3 Å². The van der Waals surface area contributed by atoms with Gasteiger partial charge in [0.25, 0.3) is 0 Å². The molecule has 1 aromatic heterocycles. The van der Waals surface area contributed by atoms with E-state index in [1.165, 1.54) is 0 Å². The highest BCUT2D eigenvalue weighted by Crippen LogP contribution is 2.36. The molecule has 1 aromatic carbocycles. The number of hydrogen-bond donors (Lipinski definition) is 2. The molecule has 2 N–H and O–H groups in total. The molecule has 0 unspecified atom stereocenters. The average molecular weight is 274 g/mol. The van der Waals surface area contributed by atoms with Crippen LogP contribution in [-0.4, -0.2) is 33.9 Å². The lowest BCUT2D eigenvalue weighted by Crippen LogP contribution is -2.46. The molecule has 0 bridgehead atoms. The summed E-state index contributed by atoms with van der Waals surface area (Å²) >= 11 is 0. The van der Waals surface area contributed by atoms with E-state index in [2.05, 4.69) is 4.98 Å². The first-order chi connectivity index (χ1) is 9.63. The highest BCUT2D eigenvalue weighted by atomic mass is 16.6. The molecule has 106 valence electrons. The van der Waals surface area contributed by atoms with E-state index < -0.39 is 6.04 Å². The fraction of sp³-hybridized carbons (Fsp3) is 0.400. The normalized spacial score (nSPS) is 22.8. The molecule has 5 nitrogen and oxygen atoms in total. The number of hydroxylamine groups is 2. The van der Waals surface area contributed by atoms with Gasteiger partial charge < -0.3 is 14.9 Å². The molecule has 5 heteroatoms. The zero-order chi connectivity index (χ0) is 14.3. The number of ether oxygens (including phenoxy) is 1.